The zero-order chi connectivity index (χ0) is 19.7. The average molecular weight is 383 g/mol. The van der Waals surface area contributed by atoms with Crippen LogP contribution in [0.25, 0.3) is 0 Å². The number of hydrogen-bond donors (Lipinski definition) is 2. The molecule has 2 unspecified atom stereocenters. The van der Waals surface area contributed by atoms with Crippen molar-refractivity contribution in [1.82, 2.24) is 0 Å². The van der Waals surface area contributed by atoms with E-state index in [0.717, 1.165) is 38.5 Å². The first-order valence-electron chi connectivity index (χ1n) is 11.2. The molecule has 2 N–H and O–H groups in total. The number of allylic oxidation sites excluding steroid dienone is 6. The zero-order valence-corrected chi connectivity index (χ0v) is 16.9. The molecule has 0 bridgehead atoms. The van der Waals surface area contributed by atoms with E-state index in [4.69, 9.17) is 0 Å². The minimum Gasteiger partial charge on any atom is -0.389 e. The lowest BCUT2D eigenvalue weighted by molar-refractivity contribution is -0.171. The van der Waals surface area contributed by atoms with Crippen LogP contribution in [0.2, 0.25) is 0 Å². The first-order chi connectivity index (χ1) is 13.5. The molecular formula is C25H34O3. The van der Waals surface area contributed by atoms with Gasteiger partial charge in [0.2, 0.25) is 0 Å². The fraction of sp³-hybridized carbons (Fsp3) is 0.640. The van der Waals surface area contributed by atoms with Crippen molar-refractivity contribution in [2.24, 2.45) is 10.8 Å². The number of ketones is 1. The second-order valence-corrected chi connectivity index (χ2v) is 9.44. The van der Waals surface area contributed by atoms with Crippen molar-refractivity contribution in [2.45, 2.75) is 88.3 Å². The van der Waals surface area contributed by atoms with Crippen LogP contribution in [0.4, 0.5) is 0 Å². The van der Waals surface area contributed by atoms with Gasteiger partial charge in [-0.15, -0.1) is 0 Å². The predicted octanol–water partition coefficient (Wildman–Crippen LogP) is 4.95. The van der Waals surface area contributed by atoms with E-state index in [2.05, 4.69) is 0 Å². The highest BCUT2D eigenvalue weighted by atomic mass is 16.3. The van der Waals surface area contributed by atoms with E-state index in [1.807, 2.05) is 48.6 Å². The molecule has 152 valence electrons. The third kappa shape index (κ3) is 2.90. The summed E-state index contributed by atoms with van der Waals surface area (Å²) in [5.74, 6) is 0.0231. The summed E-state index contributed by atoms with van der Waals surface area (Å²) in [4.78, 5) is 14.5. The van der Waals surface area contributed by atoms with E-state index in [1.54, 1.807) is 0 Å². The molecule has 0 radical (unpaired) electrons. The Labute approximate surface area is 168 Å². The van der Waals surface area contributed by atoms with Crippen molar-refractivity contribution in [3.63, 3.8) is 0 Å². The largest absolute Gasteiger partial charge is 0.389 e. The Bertz CT molecular complexity index is 656. The molecule has 0 aliphatic heterocycles. The Balaban J connectivity index is 1.82. The number of hydrogen-bond acceptors (Lipinski definition) is 3. The summed E-state index contributed by atoms with van der Waals surface area (Å²) in [5.41, 5.74) is -3.97. The van der Waals surface area contributed by atoms with Gasteiger partial charge in [-0.1, -0.05) is 87.1 Å². The van der Waals surface area contributed by atoms with Gasteiger partial charge < -0.3 is 10.2 Å². The minimum absolute atomic E-state index is 0.0231. The molecule has 0 aromatic carbocycles. The Morgan fingerprint density at radius 2 is 1.00 bits per heavy atom. The second-order valence-electron chi connectivity index (χ2n) is 9.44. The summed E-state index contributed by atoms with van der Waals surface area (Å²) >= 11 is 0. The highest BCUT2D eigenvalue weighted by molar-refractivity contribution is 5.97. The van der Waals surface area contributed by atoms with Crippen molar-refractivity contribution in [1.29, 1.82) is 0 Å². The monoisotopic (exact) mass is 382 g/mol. The number of aliphatic hydroxyl groups is 2. The molecule has 3 nitrogen and oxygen atoms in total. The van der Waals surface area contributed by atoms with Crippen LogP contribution >= 0.6 is 0 Å². The first-order valence-corrected chi connectivity index (χ1v) is 11.2. The Morgan fingerprint density at radius 1 is 0.607 bits per heavy atom. The average Bonchev–Trinajstić information content (AvgIpc) is 2.75. The minimum atomic E-state index is -1.03. The van der Waals surface area contributed by atoms with Crippen LogP contribution < -0.4 is 0 Å². The standard InChI is InChI=1S/C25H34O3/c26-21(22(13-5-1-6-14-22)24(27)17-9-3-10-18-24)23(15-7-2-8-16-23)25(28)19-11-4-12-20-25/h1-2,5-8,13,15,27-28H,3-4,9-12,14,16-20H2. The molecular weight excluding hydrogens is 348 g/mol. The van der Waals surface area contributed by atoms with Gasteiger partial charge in [0.1, 0.15) is 0 Å². The molecule has 0 aromatic heterocycles. The summed E-state index contributed by atoms with van der Waals surface area (Å²) in [6, 6.07) is 0. The Hall–Kier alpha value is -1.45. The molecule has 3 heteroatoms. The van der Waals surface area contributed by atoms with Crippen molar-refractivity contribution in [3.05, 3.63) is 48.6 Å². The maximum atomic E-state index is 14.5. The van der Waals surface area contributed by atoms with Crippen molar-refractivity contribution in [2.75, 3.05) is 0 Å². The van der Waals surface area contributed by atoms with Gasteiger partial charge in [0.25, 0.3) is 0 Å². The molecule has 2 fully saturated rings. The van der Waals surface area contributed by atoms with Gasteiger partial charge in [0.15, 0.2) is 5.78 Å². The highest BCUT2D eigenvalue weighted by Crippen LogP contribution is 2.57. The van der Waals surface area contributed by atoms with E-state index < -0.39 is 22.0 Å². The molecule has 4 aliphatic rings. The fourth-order valence-corrected chi connectivity index (χ4v) is 6.25. The molecule has 2 atom stereocenters. The third-order valence-corrected chi connectivity index (χ3v) is 7.97. The number of rotatable bonds is 4. The van der Waals surface area contributed by atoms with Gasteiger partial charge in [-0.25, -0.2) is 0 Å². The maximum absolute atomic E-state index is 14.5. The predicted molar refractivity (Wildman–Crippen MR) is 112 cm³/mol. The van der Waals surface area contributed by atoms with Crippen molar-refractivity contribution < 1.29 is 15.0 Å². The van der Waals surface area contributed by atoms with Gasteiger partial charge in [-0.2, -0.15) is 0 Å². The molecule has 4 aliphatic carbocycles. The van der Waals surface area contributed by atoms with Gasteiger partial charge in [-0.05, 0) is 38.5 Å². The third-order valence-electron chi connectivity index (χ3n) is 7.97. The van der Waals surface area contributed by atoms with E-state index in [1.165, 1.54) is 0 Å². The molecule has 0 aromatic rings. The van der Waals surface area contributed by atoms with Gasteiger partial charge >= 0.3 is 0 Å². The summed E-state index contributed by atoms with van der Waals surface area (Å²) in [6.45, 7) is 0. The Morgan fingerprint density at radius 3 is 1.32 bits per heavy atom. The molecule has 0 spiro atoms. The van der Waals surface area contributed by atoms with Crippen LogP contribution in [0.3, 0.4) is 0 Å². The topological polar surface area (TPSA) is 57.5 Å². The Kier molecular flexibility index (Phi) is 5.26. The summed E-state index contributed by atoms with van der Waals surface area (Å²) in [5, 5.41) is 23.6. The lowest BCUT2D eigenvalue weighted by Crippen LogP contribution is -2.63. The lowest BCUT2D eigenvalue weighted by Gasteiger charge is -2.55. The van der Waals surface area contributed by atoms with Crippen LogP contribution in [0.1, 0.15) is 77.0 Å². The van der Waals surface area contributed by atoms with Crippen LogP contribution in [0, 0.1) is 10.8 Å². The summed E-state index contributed by atoms with van der Waals surface area (Å²) in [7, 11) is 0. The number of Topliss-reactive ketones (excluding diaryl/α,β-unsaturated/α-hetero) is 1. The molecule has 0 amide bonds. The van der Waals surface area contributed by atoms with E-state index in [9.17, 15) is 15.0 Å². The highest BCUT2D eigenvalue weighted by Gasteiger charge is 2.63. The smallest absolute Gasteiger partial charge is 0.159 e. The van der Waals surface area contributed by atoms with E-state index >= 15 is 0 Å². The van der Waals surface area contributed by atoms with Crippen LogP contribution in [0.5, 0.6) is 0 Å². The zero-order valence-electron chi connectivity index (χ0n) is 16.9. The fourth-order valence-electron chi connectivity index (χ4n) is 6.25. The molecule has 2 saturated carbocycles. The normalized spacial score (nSPS) is 36.4. The first kappa shape index (κ1) is 19.8. The van der Waals surface area contributed by atoms with Crippen molar-refractivity contribution in [3.8, 4) is 0 Å². The summed E-state index contributed by atoms with van der Waals surface area (Å²) < 4.78 is 0. The lowest BCUT2D eigenvalue weighted by atomic mass is 9.50. The molecule has 0 heterocycles. The molecule has 0 saturated heterocycles. The quantitative estimate of drug-likeness (QED) is 0.723. The SMILES string of the molecule is O=C(C1(C2(O)CCCCC2)C=CC=CC1)C1(C2(O)CCCCC2)C=CC=CC1. The number of carbonyl (C=O) groups is 1. The van der Waals surface area contributed by atoms with Gasteiger partial charge in [-0.3, -0.25) is 4.79 Å². The van der Waals surface area contributed by atoms with Crippen LogP contribution in [-0.4, -0.2) is 27.2 Å². The van der Waals surface area contributed by atoms with Crippen LogP contribution in [-0.2, 0) is 4.79 Å². The maximum Gasteiger partial charge on any atom is 0.159 e. The molecule has 4 rings (SSSR count). The second kappa shape index (κ2) is 7.42. The summed E-state index contributed by atoms with van der Waals surface area (Å²) in [6.07, 6.45) is 25.5. The van der Waals surface area contributed by atoms with E-state index in [0.29, 0.717) is 38.5 Å². The van der Waals surface area contributed by atoms with E-state index in [-0.39, 0.29) is 5.78 Å². The molecule has 28 heavy (non-hydrogen) atoms. The van der Waals surface area contributed by atoms with Crippen LogP contribution in [0.15, 0.2) is 48.6 Å². The van der Waals surface area contributed by atoms with Gasteiger partial charge in [0, 0.05) is 0 Å². The van der Waals surface area contributed by atoms with Gasteiger partial charge in [0.05, 0.1) is 22.0 Å². The van der Waals surface area contributed by atoms with Crippen molar-refractivity contribution >= 4 is 5.78 Å². The number of carbonyl (C=O) groups excluding carboxylic acids is 1.